The topological polar surface area (TPSA) is 56.0 Å². The van der Waals surface area contributed by atoms with E-state index in [0.717, 1.165) is 40.8 Å². The molecule has 0 unspecified atom stereocenters. The highest BCUT2D eigenvalue weighted by Gasteiger charge is 2.21. The standard InChI is InChI=1S/C25H30N2OS/c1-6-12-27-25(29)22(15-26)23(18-10-8-7-9-11-18)19-13-20(16(2)3)24(28)21(14-19)17(4)5/h7-11,13-14,16-17,28H,6,12H2,1-5H3,(H,27,29). The van der Waals surface area contributed by atoms with E-state index in [9.17, 15) is 10.4 Å². The number of nitrogens with one attached hydrogen (secondary N) is 1. The Hall–Kier alpha value is -2.64. The molecule has 2 aromatic rings. The van der Waals surface area contributed by atoms with E-state index in [1.165, 1.54) is 0 Å². The lowest BCUT2D eigenvalue weighted by atomic mass is 9.86. The van der Waals surface area contributed by atoms with E-state index in [-0.39, 0.29) is 11.8 Å². The zero-order valence-corrected chi connectivity index (χ0v) is 18.7. The first-order valence-electron chi connectivity index (χ1n) is 10.2. The molecule has 2 rings (SSSR count). The Morgan fingerprint density at radius 2 is 1.59 bits per heavy atom. The summed E-state index contributed by atoms with van der Waals surface area (Å²) in [5.41, 5.74) is 4.84. The molecule has 0 fully saturated rings. The quantitative estimate of drug-likeness (QED) is 0.322. The minimum Gasteiger partial charge on any atom is -0.507 e. The third-order valence-corrected chi connectivity index (χ3v) is 5.24. The summed E-state index contributed by atoms with van der Waals surface area (Å²) in [6.07, 6.45) is 0.924. The van der Waals surface area contributed by atoms with Gasteiger partial charge in [-0.1, -0.05) is 77.2 Å². The first-order chi connectivity index (χ1) is 13.8. The van der Waals surface area contributed by atoms with Crippen molar-refractivity contribution in [3.8, 4) is 11.8 Å². The number of rotatable bonds is 7. The van der Waals surface area contributed by atoms with Crippen molar-refractivity contribution in [3.63, 3.8) is 0 Å². The molecule has 2 aromatic carbocycles. The van der Waals surface area contributed by atoms with Crippen LogP contribution in [0.2, 0.25) is 0 Å². The average molecular weight is 407 g/mol. The van der Waals surface area contributed by atoms with Crippen molar-refractivity contribution in [1.82, 2.24) is 5.32 Å². The Kier molecular flexibility index (Phi) is 7.99. The molecule has 29 heavy (non-hydrogen) atoms. The van der Waals surface area contributed by atoms with Gasteiger partial charge < -0.3 is 10.4 Å². The molecule has 152 valence electrons. The lowest BCUT2D eigenvalue weighted by Crippen LogP contribution is -2.24. The zero-order valence-electron chi connectivity index (χ0n) is 17.9. The summed E-state index contributed by atoms with van der Waals surface area (Å²) < 4.78 is 0. The maximum absolute atomic E-state index is 10.8. The third kappa shape index (κ3) is 5.25. The first kappa shape index (κ1) is 22.6. The van der Waals surface area contributed by atoms with Crippen LogP contribution in [0.1, 0.15) is 75.1 Å². The SMILES string of the molecule is CCCNC(=S)C(C#N)=C(c1ccccc1)c1cc(C(C)C)c(O)c(C(C)C)c1. The maximum Gasteiger partial charge on any atom is 0.122 e. The number of phenols is 1. The number of hydrogen-bond acceptors (Lipinski definition) is 3. The molecule has 0 heterocycles. The predicted molar refractivity (Wildman–Crippen MR) is 125 cm³/mol. The summed E-state index contributed by atoms with van der Waals surface area (Å²) in [5, 5.41) is 24.0. The van der Waals surface area contributed by atoms with E-state index in [0.29, 0.717) is 16.3 Å². The summed E-state index contributed by atoms with van der Waals surface area (Å²) in [7, 11) is 0. The second-order valence-electron chi connectivity index (χ2n) is 7.80. The fourth-order valence-corrected chi connectivity index (χ4v) is 3.56. The Balaban J connectivity index is 2.85. The van der Waals surface area contributed by atoms with E-state index >= 15 is 0 Å². The Labute approximate surface area is 180 Å². The van der Waals surface area contributed by atoms with Gasteiger partial charge in [-0.25, -0.2) is 0 Å². The molecular formula is C25H30N2OS. The van der Waals surface area contributed by atoms with Crippen LogP contribution in [-0.2, 0) is 0 Å². The second kappa shape index (κ2) is 10.2. The molecule has 0 aliphatic carbocycles. The summed E-state index contributed by atoms with van der Waals surface area (Å²) in [4.78, 5) is 0.457. The average Bonchev–Trinajstić information content (AvgIpc) is 2.70. The van der Waals surface area contributed by atoms with Crippen molar-refractivity contribution in [3.05, 3.63) is 70.3 Å². The summed E-state index contributed by atoms with van der Waals surface area (Å²) in [6, 6.07) is 16.2. The highest BCUT2D eigenvalue weighted by Crippen LogP contribution is 2.38. The fourth-order valence-electron chi connectivity index (χ4n) is 3.31. The van der Waals surface area contributed by atoms with Gasteiger partial charge in [0, 0.05) is 12.1 Å². The van der Waals surface area contributed by atoms with Gasteiger partial charge in [0.15, 0.2) is 0 Å². The first-order valence-corrected chi connectivity index (χ1v) is 10.6. The maximum atomic E-state index is 10.8. The van der Waals surface area contributed by atoms with E-state index in [2.05, 4.69) is 46.0 Å². The van der Waals surface area contributed by atoms with Crippen LogP contribution in [-0.4, -0.2) is 16.6 Å². The highest BCUT2D eigenvalue weighted by atomic mass is 32.1. The summed E-state index contributed by atoms with van der Waals surface area (Å²) >= 11 is 5.57. The Morgan fingerprint density at radius 1 is 1.03 bits per heavy atom. The van der Waals surface area contributed by atoms with Gasteiger partial charge in [0.25, 0.3) is 0 Å². The number of nitriles is 1. The second-order valence-corrected chi connectivity index (χ2v) is 8.20. The van der Waals surface area contributed by atoms with Crippen LogP contribution in [0.5, 0.6) is 5.75 Å². The minimum absolute atomic E-state index is 0.153. The number of aromatic hydroxyl groups is 1. The van der Waals surface area contributed by atoms with Crippen molar-refractivity contribution in [2.24, 2.45) is 0 Å². The van der Waals surface area contributed by atoms with Crippen LogP contribution in [0, 0.1) is 11.3 Å². The van der Waals surface area contributed by atoms with Gasteiger partial charge >= 0.3 is 0 Å². The van der Waals surface area contributed by atoms with Gasteiger partial charge in [0.05, 0.1) is 5.57 Å². The lowest BCUT2D eigenvalue weighted by Gasteiger charge is -2.20. The predicted octanol–water partition coefficient (Wildman–Crippen LogP) is 6.29. The van der Waals surface area contributed by atoms with Crippen molar-refractivity contribution >= 4 is 22.8 Å². The summed E-state index contributed by atoms with van der Waals surface area (Å²) in [6.45, 7) is 11.0. The molecule has 0 radical (unpaired) electrons. The van der Waals surface area contributed by atoms with Gasteiger partial charge in [-0.2, -0.15) is 5.26 Å². The normalized spacial score (nSPS) is 11.9. The highest BCUT2D eigenvalue weighted by molar-refractivity contribution is 7.80. The molecular weight excluding hydrogens is 376 g/mol. The molecule has 0 saturated carbocycles. The van der Waals surface area contributed by atoms with E-state index in [4.69, 9.17) is 12.2 Å². The molecule has 0 amide bonds. The fraction of sp³-hybridized carbons (Fsp3) is 0.360. The zero-order chi connectivity index (χ0) is 21.6. The molecule has 0 aliphatic heterocycles. The molecule has 4 heteroatoms. The van der Waals surface area contributed by atoms with Gasteiger partial charge in [-0.3, -0.25) is 0 Å². The number of benzene rings is 2. The smallest absolute Gasteiger partial charge is 0.122 e. The van der Waals surface area contributed by atoms with Crippen molar-refractivity contribution < 1.29 is 5.11 Å². The van der Waals surface area contributed by atoms with Crippen LogP contribution in [0.15, 0.2) is 48.0 Å². The van der Waals surface area contributed by atoms with E-state index < -0.39 is 0 Å². The minimum atomic E-state index is 0.153. The number of phenolic OH excluding ortho intramolecular Hbond substituents is 1. The number of nitrogens with zero attached hydrogens (tertiary/aromatic N) is 1. The molecule has 3 nitrogen and oxygen atoms in total. The van der Waals surface area contributed by atoms with Crippen LogP contribution < -0.4 is 5.32 Å². The van der Waals surface area contributed by atoms with Crippen molar-refractivity contribution in [1.29, 1.82) is 5.26 Å². The van der Waals surface area contributed by atoms with Crippen LogP contribution in [0.25, 0.3) is 5.57 Å². The van der Waals surface area contributed by atoms with Gasteiger partial charge in [0.1, 0.15) is 16.8 Å². The largest absolute Gasteiger partial charge is 0.507 e. The molecule has 0 atom stereocenters. The molecule has 2 N–H and O–H groups in total. The van der Waals surface area contributed by atoms with Crippen LogP contribution >= 0.6 is 12.2 Å². The molecule has 0 aliphatic rings. The summed E-state index contributed by atoms with van der Waals surface area (Å²) in [5.74, 6) is 0.650. The van der Waals surface area contributed by atoms with Crippen LogP contribution in [0.4, 0.5) is 0 Å². The monoisotopic (exact) mass is 406 g/mol. The Morgan fingerprint density at radius 3 is 2.03 bits per heavy atom. The van der Waals surface area contributed by atoms with E-state index in [1.807, 2.05) is 42.5 Å². The molecule has 0 spiro atoms. The number of thiocarbonyl (C=S) groups is 1. The van der Waals surface area contributed by atoms with Gasteiger partial charge in [-0.15, -0.1) is 0 Å². The lowest BCUT2D eigenvalue weighted by molar-refractivity contribution is 0.454. The molecule has 0 saturated heterocycles. The third-order valence-electron chi connectivity index (χ3n) is 4.89. The number of hydrogen-bond donors (Lipinski definition) is 2. The van der Waals surface area contributed by atoms with E-state index in [1.54, 1.807) is 0 Å². The van der Waals surface area contributed by atoms with Crippen molar-refractivity contribution in [2.75, 3.05) is 6.54 Å². The van der Waals surface area contributed by atoms with Gasteiger partial charge in [-0.05, 0) is 52.6 Å². The Bertz CT molecular complexity index is 908. The van der Waals surface area contributed by atoms with Crippen LogP contribution in [0.3, 0.4) is 0 Å². The van der Waals surface area contributed by atoms with Crippen molar-refractivity contribution in [2.45, 2.75) is 52.9 Å². The molecule has 0 aromatic heterocycles. The van der Waals surface area contributed by atoms with Gasteiger partial charge in [0.2, 0.25) is 0 Å². The molecule has 0 bridgehead atoms.